The first-order chi connectivity index (χ1) is 10.3. The Morgan fingerprint density at radius 1 is 1.32 bits per heavy atom. The second-order valence-electron chi connectivity index (χ2n) is 4.45. The van der Waals surface area contributed by atoms with Gasteiger partial charge in [0.25, 0.3) is 0 Å². The van der Waals surface area contributed by atoms with Gasteiger partial charge in [0.2, 0.25) is 0 Å². The molecule has 4 nitrogen and oxygen atoms in total. The van der Waals surface area contributed by atoms with Crippen LogP contribution in [0.2, 0.25) is 0 Å². The van der Waals surface area contributed by atoms with Crippen molar-refractivity contribution in [1.82, 2.24) is 10.6 Å². The van der Waals surface area contributed by atoms with Gasteiger partial charge in [0, 0.05) is 0 Å². The van der Waals surface area contributed by atoms with Gasteiger partial charge in [-0.3, -0.25) is 0 Å². The summed E-state index contributed by atoms with van der Waals surface area (Å²) in [5.74, 6) is -1.04. The molecule has 0 saturated carbocycles. The van der Waals surface area contributed by atoms with Crippen molar-refractivity contribution in [2.45, 2.75) is 19.1 Å². The van der Waals surface area contributed by atoms with Crippen LogP contribution in [0.4, 0.5) is 13.2 Å². The number of benzene rings is 1. The Bertz CT molecular complexity index is 614. The molecular weight excluding hydrogens is 317 g/mol. The third-order valence-electron chi connectivity index (χ3n) is 2.98. The zero-order chi connectivity index (χ0) is 16.3. The summed E-state index contributed by atoms with van der Waals surface area (Å²) in [6.07, 6.45) is -4.75. The summed E-state index contributed by atoms with van der Waals surface area (Å²) in [6.45, 7) is 1.50. The number of rotatable bonds is 3. The van der Waals surface area contributed by atoms with E-state index >= 15 is 0 Å². The predicted molar refractivity (Wildman–Crippen MR) is 77.8 cm³/mol. The lowest BCUT2D eigenvalue weighted by molar-refractivity contribution is -0.140. The largest absolute Gasteiger partial charge is 0.463 e. The van der Waals surface area contributed by atoms with Gasteiger partial charge in [-0.05, 0) is 24.7 Å². The molecular formula is C14H13F3N2O2S. The van der Waals surface area contributed by atoms with E-state index in [1.807, 2.05) is 5.32 Å². The lowest BCUT2D eigenvalue weighted by Crippen LogP contribution is -2.49. The number of esters is 1. The smallest absolute Gasteiger partial charge is 0.431 e. The minimum Gasteiger partial charge on any atom is -0.463 e. The number of ether oxygens (including phenoxy) is 1. The third kappa shape index (κ3) is 3.38. The lowest BCUT2D eigenvalue weighted by Gasteiger charge is -2.31. The second-order valence-corrected chi connectivity index (χ2v) is 4.86. The zero-order valence-corrected chi connectivity index (χ0v) is 12.3. The number of hydrogen-bond donors (Lipinski definition) is 2. The molecule has 22 heavy (non-hydrogen) atoms. The number of halogens is 3. The Hall–Kier alpha value is -2.09. The molecule has 1 aliphatic rings. The van der Waals surface area contributed by atoms with Gasteiger partial charge < -0.3 is 15.4 Å². The van der Waals surface area contributed by atoms with Gasteiger partial charge in [0.1, 0.15) is 5.70 Å². The maximum atomic E-state index is 13.2. The quantitative estimate of drug-likeness (QED) is 0.659. The lowest BCUT2D eigenvalue weighted by atomic mass is 9.95. The molecule has 0 radical (unpaired) electrons. The Balaban J connectivity index is 2.59. The molecule has 1 aromatic rings. The van der Waals surface area contributed by atoms with Crippen molar-refractivity contribution in [1.29, 1.82) is 0 Å². The van der Waals surface area contributed by atoms with Gasteiger partial charge in [-0.15, -0.1) is 0 Å². The van der Waals surface area contributed by atoms with Crippen LogP contribution in [-0.4, -0.2) is 23.9 Å². The van der Waals surface area contributed by atoms with Crippen LogP contribution in [0.25, 0.3) is 0 Å². The van der Waals surface area contributed by atoms with E-state index in [2.05, 4.69) is 5.32 Å². The van der Waals surface area contributed by atoms with Gasteiger partial charge in [-0.1, -0.05) is 30.3 Å². The summed E-state index contributed by atoms with van der Waals surface area (Å²) in [7, 11) is 0. The van der Waals surface area contributed by atoms with Crippen molar-refractivity contribution >= 4 is 23.3 Å². The molecule has 1 heterocycles. The normalized spacial score (nSPS) is 18.5. The fourth-order valence-corrected chi connectivity index (χ4v) is 2.33. The Labute approximate surface area is 130 Å². The highest BCUT2D eigenvalue weighted by Gasteiger charge is 2.44. The minimum atomic E-state index is -4.75. The van der Waals surface area contributed by atoms with Crippen LogP contribution in [0.15, 0.2) is 41.6 Å². The maximum Gasteiger partial charge on any atom is 0.431 e. The molecule has 1 aliphatic heterocycles. The summed E-state index contributed by atoms with van der Waals surface area (Å²) in [5, 5.41) is 4.51. The Kier molecular flexibility index (Phi) is 4.70. The van der Waals surface area contributed by atoms with E-state index in [1.54, 1.807) is 30.3 Å². The molecule has 0 fully saturated rings. The van der Waals surface area contributed by atoms with Crippen molar-refractivity contribution < 1.29 is 22.7 Å². The highest BCUT2D eigenvalue weighted by Crippen LogP contribution is 2.35. The van der Waals surface area contributed by atoms with Gasteiger partial charge in [-0.25, -0.2) is 4.79 Å². The average Bonchev–Trinajstić information content (AvgIpc) is 2.46. The predicted octanol–water partition coefficient (Wildman–Crippen LogP) is 2.58. The number of allylic oxidation sites excluding steroid dienone is 1. The molecule has 0 aromatic heterocycles. The standard InChI is InChI=1S/C14H13F3N2O2S/c1-2-21-12(20)9-10(8-6-4-3-5-7-8)18-13(22)19-11(9)14(15,16)17/h3-7,10H,2H2,1H3,(H2,18,19,22)/t10-/m0/s1. The van der Waals surface area contributed by atoms with Crippen molar-refractivity contribution in [2.75, 3.05) is 6.61 Å². The third-order valence-corrected chi connectivity index (χ3v) is 3.20. The summed E-state index contributed by atoms with van der Waals surface area (Å²) in [4.78, 5) is 12.0. The van der Waals surface area contributed by atoms with Gasteiger partial charge >= 0.3 is 12.1 Å². The van der Waals surface area contributed by atoms with Crippen molar-refractivity contribution in [2.24, 2.45) is 0 Å². The van der Waals surface area contributed by atoms with Gasteiger partial charge in [0.15, 0.2) is 5.11 Å². The maximum absolute atomic E-state index is 13.2. The van der Waals surface area contributed by atoms with Crippen LogP contribution in [0.3, 0.4) is 0 Å². The van der Waals surface area contributed by atoms with Crippen LogP contribution in [-0.2, 0) is 9.53 Å². The minimum absolute atomic E-state index is 0.0283. The van der Waals surface area contributed by atoms with Crippen molar-refractivity contribution in [3.63, 3.8) is 0 Å². The fourth-order valence-electron chi connectivity index (χ4n) is 2.11. The summed E-state index contributed by atoms with van der Waals surface area (Å²) >= 11 is 4.82. The number of carbonyl (C=O) groups is 1. The highest BCUT2D eigenvalue weighted by atomic mass is 32.1. The molecule has 8 heteroatoms. The van der Waals surface area contributed by atoms with Crippen molar-refractivity contribution in [3.05, 3.63) is 47.2 Å². The van der Waals surface area contributed by atoms with E-state index in [0.717, 1.165) is 0 Å². The number of carbonyl (C=O) groups excluding carboxylic acids is 1. The summed E-state index contributed by atoms with van der Waals surface area (Å²) in [5.41, 5.74) is -1.24. The van der Waals surface area contributed by atoms with Crippen molar-refractivity contribution in [3.8, 4) is 0 Å². The second kappa shape index (κ2) is 6.35. The van der Waals surface area contributed by atoms with Crippen LogP contribution >= 0.6 is 12.2 Å². The Morgan fingerprint density at radius 3 is 2.50 bits per heavy atom. The monoisotopic (exact) mass is 330 g/mol. The molecule has 0 unspecified atom stereocenters. The van der Waals surface area contributed by atoms with Crippen LogP contribution in [0.1, 0.15) is 18.5 Å². The van der Waals surface area contributed by atoms with E-state index in [1.165, 1.54) is 6.92 Å². The number of alkyl halides is 3. The van der Waals surface area contributed by atoms with E-state index in [4.69, 9.17) is 17.0 Å². The van der Waals surface area contributed by atoms with E-state index in [-0.39, 0.29) is 11.7 Å². The summed E-state index contributed by atoms with van der Waals surface area (Å²) in [6, 6.07) is 7.25. The first-order valence-corrected chi connectivity index (χ1v) is 6.86. The molecule has 0 spiro atoms. The topological polar surface area (TPSA) is 50.4 Å². The molecule has 0 amide bonds. The number of nitrogens with one attached hydrogen (secondary N) is 2. The molecule has 0 aliphatic carbocycles. The van der Waals surface area contributed by atoms with E-state index in [0.29, 0.717) is 5.56 Å². The molecule has 1 atom stereocenters. The van der Waals surface area contributed by atoms with E-state index in [9.17, 15) is 18.0 Å². The number of thiocarbonyl (C=S) groups is 1. The molecule has 118 valence electrons. The molecule has 2 N–H and O–H groups in total. The fraction of sp³-hybridized carbons (Fsp3) is 0.286. The molecule has 2 rings (SSSR count). The molecule has 0 saturated heterocycles. The SMILES string of the molecule is CCOC(=O)C1=C(C(F)(F)F)NC(=S)N[C@H]1c1ccccc1. The zero-order valence-electron chi connectivity index (χ0n) is 11.5. The van der Waals surface area contributed by atoms with Gasteiger partial charge in [0.05, 0.1) is 18.2 Å². The van der Waals surface area contributed by atoms with Crippen LogP contribution in [0.5, 0.6) is 0 Å². The summed E-state index contributed by atoms with van der Waals surface area (Å²) < 4.78 is 44.5. The van der Waals surface area contributed by atoms with Crippen LogP contribution < -0.4 is 10.6 Å². The Morgan fingerprint density at radius 2 is 1.95 bits per heavy atom. The highest BCUT2D eigenvalue weighted by molar-refractivity contribution is 7.80. The number of hydrogen-bond acceptors (Lipinski definition) is 3. The first-order valence-electron chi connectivity index (χ1n) is 6.45. The van der Waals surface area contributed by atoms with E-state index < -0.39 is 29.5 Å². The van der Waals surface area contributed by atoms with Gasteiger partial charge in [-0.2, -0.15) is 13.2 Å². The molecule has 1 aromatic carbocycles. The first kappa shape index (κ1) is 16.3. The molecule has 0 bridgehead atoms. The average molecular weight is 330 g/mol. The van der Waals surface area contributed by atoms with Crippen LogP contribution in [0, 0.1) is 0 Å².